The molecule has 0 aliphatic carbocycles. The minimum absolute atomic E-state index is 0.0218. The molecule has 0 amide bonds. The lowest BCUT2D eigenvalue weighted by atomic mass is 9.79. The van der Waals surface area contributed by atoms with E-state index in [0.29, 0.717) is 0 Å². The SMILES string of the molecule is CC(N)C(C)(C)c1ccc(O)c(O)c1. The van der Waals surface area contributed by atoms with Gasteiger partial charge in [0.1, 0.15) is 0 Å². The summed E-state index contributed by atoms with van der Waals surface area (Å²) in [5.74, 6) is -0.203. The van der Waals surface area contributed by atoms with E-state index in [4.69, 9.17) is 10.8 Å². The maximum Gasteiger partial charge on any atom is 0.157 e. The van der Waals surface area contributed by atoms with E-state index in [0.717, 1.165) is 5.56 Å². The number of rotatable bonds is 2. The highest BCUT2D eigenvalue weighted by molar-refractivity contribution is 5.43. The molecule has 0 saturated carbocycles. The highest BCUT2D eigenvalue weighted by Gasteiger charge is 2.25. The van der Waals surface area contributed by atoms with Crippen molar-refractivity contribution in [2.75, 3.05) is 0 Å². The Bertz CT molecular complexity index is 332. The maximum absolute atomic E-state index is 9.35. The Morgan fingerprint density at radius 1 is 1.21 bits per heavy atom. The van der Waals surface area contributed by atoms with Gasteiger partial charge in [-0.05, 0) is 24.6 Å². The van der Waals surface area contributed by atoms with E-state index in [1.807, 2.05) is 20.8 Å². The lowest BCUT2D eigenvalue weighted by molar-refractivity contribution is 0.395. The highest BCUT2D eigenvalue weighted by Crippen LogP contribution is 2.32. The zero-order valence-electron chi connectivity index (χ0n) is 8.78. The van der Waals surface area contributed by atoms with Crippen molar-refractivity contribution in [3.63, 3.8) is 0 Å². The van der Waals surface area contributed by atoms with Crippen LogP contribution in [-0.2, 0) is 5.41 Å². The average molecular weight is 195 g/mol. The van der Waals surface area contributed by atoms with Gasteiger partial charge in [-0.2, -0.15) is 0 Å². The Hall–Kier alpha value is -1.22. The number of phenols is 2. The first-order valence-corrected chi connectivity index (χ1v) is 4.63. The van der Waals surface area contributed by atoms with E-state index in [1.165, 1.54) is 6.07 Å². The summed E-state index contributed by atoms with van der Waals surface area (Å²) in [5, 5.41) is 18.5. The Kier molecular flexibility index (Phi) is 2.71. The summed E-state index contributed by atoms with van der Waals surface area (Å²) >= 11 is 0. The summed E-state index contributed by atoms with van der Waals surface area (Å²) in [6, 6.07) is 4.79. The summed E-state index contributed by atoms with van der Waals surface area (Å²) in [6.45, 7) is 5.93. The third-order valence-corrected chi connectivity index (χ3v) is 2.86. The van der Waals surface area contributed by atoms with Crippen LogP contribution in [0.1, 0.15) is 26.3 Å². The van der Waals surface area contributed by atoms with Gasteiger partial charge in [-0.1, -0.05) is 19.9 Å². The molecule has 3 heteroatoms. The van der Waals surface area contributed by atoms with Crippen molar-refractivity contribution in [3.8, 4) is 11.5 Å². The van der Waals surface area contributed by atoms with Crippen molar-refractivity contribution in [2.24, 2.45) is 5.73 Å². The predicted octanol–water partition coefficient (Wildman–Crippen LogP) is 1.72. The third kappa shape index (κ3) is 1.82. The molecular weight excluding hydrogens is 178 g/mol. The van der Waals surface area contributed by atoms with Gasteiger partial charge in [-0.25, -0.2) is 0 Å². The van der Waals surface area contributed by atoms with Crippen LogP contribution < -0.4 is 5.73 Å². The topological polar surface area (TPSA) is 66.5 Å². The van der Waals surface area contributed by atoms with Crippen LogP contribution in [0.4, 0.5) is 0 Å². The molecule has 78 valence electrons. The lowest BCUT2D eigenvalue weighted by Gasteiger charge is -2.29. The number of nitrogens with two attached hydrogens (primary N) is 1. The number of hydrogen-bond acceptors (Lipinski definition) is 3. The molecule has 4 N–H and O–H groups in total. The molecule has 0 aliphatic rings. The van der Waals surface area contributed by atoms with Crippen LogP contribution in [0.15, 0.2) is 18.2 Å². The van der Waals surface area contributed by atoms with Gasteiger partial charge in [-0.3, -0.25) is 0 Å². The van der Waals surface area contributed by atoms with Crippen molar-refractivity contribution < 1.29 is 10.2 Å². The number of phenolic OH excluding ortho intramolecular Hbond substituents is 2. The summed E-state index contributed by atoms with van der Waals surface area (Å²) in [5.41, 5.74) is 6.55. The molecule has 0 aromatic heterocycles. The van der Waals surface area contributed by atoms with Gasteiger partial charge in [0.05, 0.1) is 0 Å². The molecule has 1 aromatic carbocycles. The molecule has 0 heterocycles. The monoisotopic (exact) mass is 195 g/mol. The normalized spacial score (nSPS) is 14.0. The van der Waals surface area contributed by atoms with E-state index in [1.54, 1.807) is 12.1 Å². The van der Waals surface area contributed by atoms with Crippen LogP contribution in [0.3, 0.4) is 0 Å². The van der Waals surface area contributed by atoms with Crippen LogP contribution in [0, 0.1) is 0 Å². The van der Waals surface area contributed by atoms with E-state index in [2.05, 4.69) is 0 Å². The largest absolute Gasteiger partial charge is 0.504 e. The number of hydrogen-bond donors (Lipinski definition) is 3. The zero-order chi connectivity index (χ0) is 10.9. The van der Waals surface area contributed by atoms with E-state index >= 15 is 0 Å². The molecule has 0 fully saturated rings. The third-order valence-electron chi connectivity index (χ3n) is 2.86. The quantitative estimate of drug-likeness (QED) is 0.629. The standard InChI is InChI=1S/C11H17NO2/c1-7(12)11(2,3)8-4-5-9(13)10(14)6-8/h4-7,13-14H,12H2,1-3H3. The second kappa shape index (κ2) is 3.50. The van der Waals surface area contributed by atoms with Gasteiger partial charge in [0.25, 0.3) is 0 Å². The van der Waals surface area contributed by atoms with Crippen LogP contribution >= 0.6 is 0 Å². The van der Waals surface area contributed by atoms with Gasteiger partial charge < -0.3 is 15.9 Å². The summed E-state index contributed by atoms with van der Waals surface area (Å²) in [4.78, 5) is 0. The second-order valence-electron chi connectivity index (χ2n) is 4.21. The van der Waals surface area contributed by atoms with Crippen LogP contribution in [0.5, 0.6) is 11.5 Å². The Labute approximate surface area is 84.2 Å². The van der Waals surface area contributed by atoms with Crippen molar-refractivity contribution in [1.82, 2.24) is 0 Å². The molecule has 0 spiro atoms. The average Bonchev–Trinajstić information content (AvgIpc) is 2.09. The predicted molar refractivity (Wildman–Crippen MR) is 56.4 cm³/mol. The van der Waals surface area contributed by atoms with Gasteiger partial charge in [-0.15, -0.1) is 0 Å². The van der Waals surface area contributed by atoms with Gasteiger partial charge >= 0.3 is 0 Å². The van der Waals surface area contributed by atoms with E-state index in [9.17, 15) is 5.11 Å². The van der Waals surface area contributed by atoms with Gasteiger partial charge in [0.2, 0.25) is 0 Å². The van der Waals surface area contributed by atoms with Crippen LogP contribution in [0.2, 0.25) is 0 Å². The Balaban J connectivity index is 3.14. The molecule has 1 unspecified atom stereocenters. The second-order valence-corrected chi connectivity index (χ2v) is 4.21. The van der Waals surface area contributed by atoms with Crippen molar-refractivity contribution in [3.05, 3.63) is 23.8 Å². The maximum atomic E-state index is 9.35. The van der Waals surface area contributed by atoms with E-state index < -0.39 is 0 Å². The summed E-state index contributed by atoms with van der Waals surface area (Å²) in [7, 11) is 0. The number of benzene rings is 1. The van der Waals surface area contributed by atoms with Crippen molar-refractivity contribution in [1.29, 1.82) is 0 Å². The molecule has 1 aromatic rings. The minimum atomic E-state index is -0.217. The fourth-order valence-electron chi connectivity index (χ4n) is 1.19. The van der Waals surface area contributed by atoms with Gasteiger partial charge in [0.15, 0.2) is 11.5 Å². The van der Waals surface area contributed by atoms with Crippen molar-refractivity contribution in [2.45, 2.75) is 32.2 Å². The molecule has 3 nitrogen and oxygen atoms in total. The molecule has 14 heavy (non-hydrogen) atoms. The summed E-state index contributed by atoms with van der Waals surface area (Å²) < 4.78 is 0. The van der Waals surface area contributed by atoms with E-state index in [-0.39, 0.29) is 23.0 Å². The molecule has 0 radical (unpaired) electrons. The Morgan fingerprint density at radius 2 is 1.79 bits per heavy atom. The number of aromatic hydroxyl groups is 2. The molecule has 0 bridgehead atoms. The fourth-order valence-corrected chi connectivity index (χ4v) is 1.19. The molecule has 0 aliphatic heterocycles. The van der Waals surface area contributed by atoms with Crippen molar-refractivity contribution >= 4 is 0 Å². The molecule has 0 saturated heterocycles. The molecular formula is C11H17NO2. The molecule has 1 rings (SSSR count). The minimum Gasteiger partial charge on any atom is -0.504 e. The first kappa shape index (κ1) is 10.9. The van der Waals surface area contributed by atoms with Crippen LogP contribution in [-0.4, -0.2) is 16.3 Å². The smallest absolute Gasteiger partial charge is 0.157 e. The molecule has 1 atom stereocenters. The highest BCUT2D eigenvalue weighted by atomic mass is 16.3. The fraction of sp³-hybridized carbons (Fsp3) is 0.455. The zero-order valence-corrected chi connectivity index (χ0v) is 8.78. The van der Waals surface area contributed by atoms with Crippen LogP contribution in [0.25, 0.3) is 0 Å². The van der Waals surface area contributed by atoms with Gasteiger partial charge in [0, 0.05) is 11.5 Å². The first-order valence-electron chi connectivity index (χ1n) is 4.63. The first-order chi connectivity index (χ1) is 6.35. The summed E-state index contributed by atoms with van der Waals surface area (Å²) in [6.07, 6.45) is 0. The lowest BCUT2D eigenvalue weighted by Crippen LogP contribution is -2.38. The Morgan fingerprint density at radius 3 is 2.21 bits per heavy atom.